The molecule has 24 heavy (non-hydrogen) atoms. The first kappa shape index (κ1) is 14.8. The number of aromatic amines is 1. The summed E-state index contributed by atoms with van der Waals surface area (Å²) in [5.41, 5.74) is 2.33. The Morgan fingerprint density at radius 2 is 2.25 bits per heavy atom. The third-order valence-electron chi connectivity index (χ3n) is 3.98. The average Bonchev–Trinajstić information content (AvgIpc) is 3.25. The molecule has 0 unspecified atom stereocenters. The maximum absolute atomic E-state index is 14.1. The smallest absolute Gasteiger partial charge is 0.276 e. The van der Waals surface area contributed by atoms with Crippen molar-refractivity contribution in [1.29, 1.82) is 0 Å². The standard InChI is InChI=1S/C15H12ClFN6O/c16-10-2-1-3-13(14(10)17)23-8-12(20-21-23)15(24)22-5-4-11-9(7-22)6-18-19-11/h1-3,6,8H,4-5,7H2,(H,18,19). The van der Waals surface area contributed by atoms with Gasteiger partial charge < -0.3 is 4.90 Å². The summed E-state index contributed by atoms with van der Waals surface area (Å²) in [6.45, 7) is 1.02. The van der Waals surface area contributed by atoms with Gasteiger partial charge in [-0.05, 0) is 12.1 Å². The molecule has 4 rings (SSSR count). The molecule has 3 aromatic rings. The van der Waals surface area contributed by atoms with Crippen LogP contribution in [-0.4, -0.2) is 42.5 Å². The second-order valence-corrected chi connectivity index (χ2v) is 5.88. The molecular formula is C15H12ClFN6O. The van der Waals surface area contributed by atoms with Crippen LogP contribution in [0.3, 0.4) is 0 Å². The van der Waals surface area contributed by atoms with E-state index in [1.165, 1.54) is 23.0 Å². The van der Waals surface area contributed by atoms with E-state index in [0.717, 1.165) is 11.3 Å². The van der Waals surface area contributed by atoms with E-state index in [0.29, 0.717) is 19.5 Å². The summed E-state index contributed by atoms with van der Waals surface area (Å²) >= 11 is 5.77. The molecule has 0 saturated heterocycles. The van der Waals surface area contributed by atoms with Gasteiger partial charge in [-0.1, -0.05) is 22.9 Å². The average molecular weight is 347 g/mol. The quantitative estimate of drug-likeness (QED) is 0.769. The normalized spacial score (nSPS) is 13.8. The first-order chi connectivity index (χ1) is 11.6. The SMILES string of the molecule is O=C(c1cn(-c2cccc(Cl)c2F)nn1)N1CCc2[nH]ncc2C1. The number of rotatable bonds is 2. The lowest BCUT2D eigenvalue weighted by molar-refractivity contribution is 0.0728. The van der Waals surface area contributed by atoms with Gasteiger partial charge in [0.1, 0.15) is 5.69 Å². The molecule has 2 aromatic heterocycles. The van der Waals surface area contributed by atoms with E-state index < -0.39 is 5.82 Å². The minimum Gasteiger partial charge on any atom is -0.332 e. The summed E-state index contributed by atoms with van der Waals surface area (Å²) in [6, 6.07) is 4.57. The Balaban J connectivity index is 1.59. The van der Waals surface area contributed by atoms with Crippen LogP contribution in [0.4, 0.5) is 4.39 Å². The van der Waals surface area contributed by atoms with Gasteiger partial charge in [0, 0.05) is 30.8 Å². The summed E-state index contributed by atoms with van der Waals surface area (Å²) < 4.78 is 15.3. The van der Waals surface area contributed by atoms with E-state index in [-0.39, 0.29) is 22.3 Å². The second kappa shape index (κ2) is 5.72. The van der Waals surface area contributed by atoms with E-state index in [9.17, 15) is 9.18 Å². The number of fused-ring (bicyclic) bond motifs is 1. The molecule has 122 valence electrons. The van der Waals surface area contributed by atoms with Gasteiger partial charge in [0.25, 0.3) is 5.91 Å². The number of carbonyl (C=O) groups excluding carboxylic acids is 1. The molecule has 0 spiro atoms. The van der Waals surface area contributed by atoms with Gasteiger partial charge in [0.2, 0.25) is 0 Å². The number of halogens is 2. The second-order valence-electron chi connectivity index (χ2n) is 5.47. The van der Waals surface area contributed by atoms with E-state index in [1.807, 2.05) is 0 Å². The molecule has 0 radical (unpaired) electrons. The van der Waals surface area contributed by atoms with Crippen LogP contribution >= 0.6 is 11.6 Å². The number of hydrogen-bond acceptors (Lipinski definition) is 4. The summed E-state index contributed by atoms with van der Waals surface area (Å²) in [5, 5.41) is 14.6. The van der Waals surface area contributed by atoms with Gasteiger partial charge in [0.05, 0.1) is 17.4 Å². The predicted octanol–water partition coefficient (Wildman–Crippen LogP) is 1.98. The van der Waals surface area contributed by atoms with Crippen molar-refractivity contribution < 1.29 is 9.18 Å². The Labute approximate surface area is 141 Å². The molecule has 3 heterocycles. The molecule has 0 atom stereocenters. The number of aromatic nitrogens is 5. The number of carbonyl (C=O) groups is 1. The number of H-pyrrole nitrogens is 1. The maximum atomic E-state index is 14.1. The molecule has 9 heteroatoms. The third kappa shape index (κ3) is 2.44. The fourth-order valence-corrected chi connectivity index (χ4v) is 2.88. The molecule has 1 aromatic carbocycles. The summed E-state index contributed by atoms with van der Waals surface area (Å²) in [5.74, 6) is -0.861. The lowest BCUT2D eigenvalue weighted by Gasteiger charge is -2.25. The summed E-state index contributed by atoms with van der Waals surface area (Å²) in [6.07, 6.45) is 3.83. The topological polar surface area (TPSA) is 79.7 Å². The largest absolute Gasteiger partial charge is 0.332 e. The predicted molar refractivity (Wildman–Crippen MR) is 83.4 cm³/mol. The maximum Gasteiger partial charge on any atom is 0.276 e. The van der Waals surface area contributed by atoms with E-state index >= 15 is 0 Å². The molecule has 1 N–H and O–H groups in total. The Morgan fingerprint density at radius 3 is 3.12 bits per heavy atom. The van der Waals surface area contributed by atoms with Crippen LogP contribution in [-0.2, 0) is 13.0 Å². The van der Waals surface area contributed by atoms with Crippen LogP contribution in [0.2, 0.25) is 5.02 Å². The summed E-state index contributed by atoms with van der Waals surface area (Å²) in [4.78, 5) is 14.3. The summed E-state index contributed by atoms with van der Waals surface area (Å²) in [7, 11) is 0. The molecule has 1 aliphatic heterocycles. The highest BCUT2D eigenvalue weighted by atomic mass is 35.5. The van der Waals surface area contributed by atoms with Crippen LogP contribution < -0.4 is 0 Å². The molecule has 1 amide bonds. The van der Waals surface area contributed by atoms with E-state index in [4.69, 9.17) is 11.6 Å². The van der Waals surface area contributed by atoms with Crippen molar-refractivity contribution in [2.24, 2.45) is 0 Å². The van der Waals surface area contributed by atoms with Gasteiger partial charge in [0.15, 0.2) is 11.5 Å². The van der Waals surface area contributed by atoms with Crippen LogP contribution in [0.25, 0.3) is 5.69 Å². The zero-order valence-electron chi connectivity index (χ0n) is 12.4. The lowest BCUT2D eigenvalue weighted by Crippen LogP contribution is -2.35. The van der Waals surface area contributed by atoms with Crippen LogP contribution in [0, 0.1) is 5.82 Å². The first-order valence-electron chi connectivity index (χ1n) is 7.30. The number of hydrogen-bond donors (Lipinski definition) is 1. The van der Waals surface area contributed by atoms with Gasteiger partial charge in [-0.2, -0.15) is 5.10 Å². The van der Waals surface area contributed by atoms with Gasteiger partial charge in [-0.3, -0.25) is 9.89 Å². The molecule has 0 fully saturated rings. The molecule has 0 aliphatic carbocycles. The number of benzene rings is 1. The van der Waals surface area contributed by atoms with Gasteiger partial charge in [-0.15, -0.1) is 5.10 Å². The molecule has 0 saturated carbocycles. The van der Waals surface area contributed by atoms with Crippen molar-refractivity contribution in [3.8, 4) is 5.69 Å². The van der Waals surface area contributed by atoms with Crippen molar-refractivity contribution in [2.45, 2.75) is 13.0 Å². The zero-order chi connectivity index (χ0) is 16.7. The van der Waals surface area contributed by atoms with Crippen molar-refractivity contribution in [3.63, 3.8) is 0 Å². The first-order valence-corrected chi connectivity index (χ1v) is 7.68. The lowest BCUT2D eigenvalue weighted by atomic mass is 10.1. The highest BCUT2D eigenvalue weighted by Crippen LogP contribution is 2.21. The Hall–Kier alpha value is -2.74. The number of nitrogens with zero attached hydrogens (tertiary/aromatic N) is 5. The number of nitrogens with one attached hydrogen (secondary N) is 1. The third-order valence-corrected chi connectivity index (χ3v) is 4.27. The van der Waals surface area contributed by atoms with Crippen LogP contribution in [0.15, 0.2) is 30.6 Å². The highest BCUT2D eigenvalue weighted by Gasteiger charge is 2.25. The highest BCUT2D eigenvalue weighted by molar-refractivity contribution is 6.30. The Kier molecular flexibility index (Phi) is 3.53. The Bertz CT molecular complexity index is 920. The minimum atomic E-state index is -0.607. The van der Waals surface area contributed by atoms with E-state index in [1.54, 1.807) is 17.2 Å². The molecule has 0 bridgehead atoms. The van der Waals surface area contributed by atoms with Crippen molar-refractivity contribution in [2.75, 3.05) is 6.54 Å². The molecular weight excluding hydrogens is 335 g/mol. The van der Waals surface area contributed by atoms with Crippen LogP contribution in [0.5, 0.6) is 0 Å². The van der Waals surface area contributed by atoms with Crippen molar-refractivity contribution in [1.82, 2.24) is 30.1 Å². The zero-order valence-corrected chi connectivity index (χ0v) is 13.2. The monoisotopic (exact) mass is 346 g/mol. The Morgan fingerprint density at radius 1 is 1.38 bits per heavy atom. The number of amides is 1. The van der Waals surface area contributed by atoms with Gasteiger partial charge in [-0.25, -0.2) is 9.07 Å². The minimum absolute atomic E-state index is 0.0144. The van der Waals surface area contributed by atoms with Gasteiger partial charge >= 0.3 is 0 Å². The van der Waals surface area contributed by atoms with E-state index in [2.05, 4.69) is 20.5 Å². The molecule has 1 aliphatic rings. The van der Waals surface area contributed by atoms with Crippen LogP contribution in [0.1, 0.15) is 21.7 Å². The van der Waals surface area contributed by atoms with Crippen molar-refractivity contribution >= 4 is 17.5 Å². The fraction of sp³-hybridized carbons (Fsp3) is 0.200. The molecule has 7 nitrogen and oxygen atoms in total. The fourth-order valence-electron chi connectivity index (χ4n) is 2.71. The van der Waals surface area contributed by atoms with Crippen molar-refractivity contribution in [3.05, 3.63) is 58.4 Å².